The third-order valence-corrected chi connectivity index (χ3v) is 3.45. The predicted octanol–water partition coefficient (Wildman–Crippen LogP) is 4.71. The average Bonchev–Trinajstić information content (AvgIpc) is 2.27. The van der Waals surface area contributed by atoms with Crippen LogP contribution in [-0.2, 0) is 4.74 Å². The Morgan fingerprint density at radius 3 is 2.32 bits per heavy atom. The normalized spacial score (nSPS) is 15.6. The number of carbonyl (C=O) groups is 1. The van der Waals surface area contributed by atoms with Gasteiger partial charge in [-0.15, -0.1) is 6.42 Å². The molecule has 0 aliphatic heterocycles. The van der Waals surface area contributed by atoms with Crippen molar-refractivity contribution in [1.29, 1.82) is 0 Å². The Kier molecular flexibility index (Phi) is 8.30. The first-order valence-corrected chi connectivity index (χ1v) is 7.19. The van der Waals surface area contributed by atoms with Crippen molar-refractivity contribution in [2.24, 2.45) is 11.8 Å². The Hall–Kier alpha value is -1.17. The highest BCUT2D eigenvalue weighted by Crippen LogP contribution is 2.22. The van der Waals surface area contributed by atoms with E-state index < -0.39 is 11.8 Å². The summed E-state index contributed by atoms with van der Waals surface area (Å²) in [5.41, 5.74) is -0.983. The van der Waals surface area contributed by atoms with Crippen LogP contribution in [0.4, 0.5) is 4.79 Å². The predicted molar refractivity (Wildman–Crippen MR) is 78.1 cm³/mol. The average molecular weight is 268 g/mol. The molecule has 0 bridgehead atoms. The molecule has 0 fully saturated rings. The van der Waals surface area contributed by atoms with E-state index in [9.17, 15) is 4.79 Å². The van der Waals surface area contributed by atoms with Gasteiger partial charge in [-0.2, -0.15) is 0 Å². The van der Waals surface area contributed by atoms with Crippen LogP contribution in [0.1, 0.15) is 66.2 Å². The van der Waals surface area contributed by atoms with Crippen molar-refractivity contribution in [1.82, 2.24) is 0 Å². The van der Waals surface area contributed by atoms with Gasteiger partial charge in [-0.05, 0) is 31.6 Å². The highest BCUT2D eigenvalue weighted by Gasteiger charge is 2.25. The quantitative estimate of drug-likeness (QED) is 0.487. The fourth-order valence-corrected chi connectivity index (χ4v) is 2.15. The fraction of sp³-hybridized carbons (Fsp3) is 0.812. The maximum atomic E-state index is 10.6. The number of hydrogen-bond donors (Lipinski definition) is 1. The highest BCUT2D eigenvalue weighted by molar-refractivity contribution is 5.58. The van der Waals surface area contributed by atoms with Gasteiger partial charge in [-0.1, -0.05) is 52.4 Å². The van der Waals surface area contributed by atoms with Gasteiger partial charge in [0.1, 0.15) is 0 Å². The topological polar surface area (TPSA) is 46.5 Å². The van der Waals surface area contributed by atoms with Crippen LogP contribution < -0.4 is 0 Å². The van der Waals surface area contributed by atoms with Crippen LogP contribution in [0.15, 0.2) is 0 Å². The molecule has 0 saturated heterocycles. The monoisotopic (exact) mass is 268 g/mol. The first-order chi connectivity index (χ1) is 8.79. The second kappa shape index (κ2) is 8.85. The number of carboxylic acid groups (broad SMARTS) is 1. The summed E-state index contributed by atoms with van der Waals surface area (Å²) in [5.74, 6) is 3.86. The lowest BCUT2D eigenvalue weighted by molar-refractivity contribution is 0.0200. The zero-order valence-electron chi connectivity index (χ0n) is 12.7. The van der Waals surface area contributed by atoms with E-state index in [0.29, 0.717) is 12.3 Å². The molecule has 0 aromatic carbocycles. The molecular weight excluding hydrogens is 240 g/mol. The number of rotatable bonds is 9. The third kappa shape index (κ3) is 9.41. The molecule has 0 aliphatic rings. The summed E-state index contributed by atoms with van der Waals surface area (Å²) in [6.07, 6.45) is 10.4. The summed E-state index contributed by atoms with van der Waals surface area (Å²) in [5, 5.41) is 8.64. The van der Waals surface area contributed by atoms with Crippen LogP contribution in [-0.4, -0.2) is 16.9 Å². The molecule has 0 aromatic rings. The Morgan fingerprint density at radius 2 is 1.84 bits per heavy atom. The zero-order valence-corrected chi connectivity index (χ0v) is 12.7. The number of hydrogen-bond acceptors (Lipinski definition) is 2. The second-order valence-corrected chi connectivity index (χ2v) is 6.07. The molecule has 2 unspecified atom stereocenters. The van der Waals surface area contributed by atoms with E-state index in [1.165, 1.54) is 19.3 Å². The molecule has 110 valence electrons. The lowest BCUT2D eigenvalue weighted by atomic mass is 9.92. The summed E-state index contributed by atoms with van der Waals surface area (Å²) in [7, 11) is 0. The van der Waals surface area contributed by atoms with Gasteiger partial charge in [0, 0.05) is 0 Å². The van der Waals surface area contributed by atoms with Crippen molar-refractivity contribution in [2.75, 3.05) is 0 Å². The molecule has 0 saturated carbocycles. The largest absolute Gasteiger partial charge is 0.507 e. The van der Waals surface area contributed by atoms with E-state index in [-0.39, 0.29) is 0 Å². The standard InChI is InChI=1S/C16H28O3/c1-6-16(5,19-15(17)18)12-8-11-14(4)10-7-9-13(2)3/h1,13-14H,7-12H2,2-5H3,(H,17,18). The lowest BCUT2D eigenvalue weighted by Crippen LogP contribution is -2.29. The van der Waals surface area contributed by atoms with Gasteiger partial charge >= 0.3 is 6.16 Å². The summed E-state index contributed by atoms with van der Waals surface area (Å²) >= 11 is 0. The minimum atomic E-state index is -1.30. The van der Waals surface area contributed by atoms with Crippen molar-refractivity contribution in [3.05, 3.63) is 0 Å². The van der Waals surface area contributed by atoms with Crippen LogP contribution in [0, 0.1) is 24.2 Å². The molecule has 0 aromatic heterocycles. The van der Waals surface area contributed by atoms with Crippen LogP contribution in [0.5, 0.6) is 0 Å². The van der Waals surface area contributed by atoms with E-state index in [2.05, 4.69) is 26.7 Å². The third-order valence-electron chi connectivity index (χ3n) is 3.45. The molecule has 0 heterocycles. The van der Waals surface area contributed by atoms with Crippen LogP contribution in [0.25, 0.3) is 0 Å². The van der Waals surface area contributed by atoms with Gasteiger partial charge in [0.25, 0.3) is 0 Å². The molecule has 3 heteroatoms. The summed E-state index contributed by atoms with van der Waals surface area (Å²) < 4.78 is 4.76. The highest BCUT2D eigenvalue weighted by atomic mass is 16.7. The van der Waals surface area contributed by atoms with Crippen molar-refractivity contribution in [3.8, 4) is 12.3 Å². The van der Waals surface area contributed by atoms with Gasteiger partial charge in [-0.3, -0.25) is 0 Å². The molecule has 1 N–H and O–H groups in total. The Labute approximate surface area is 117 Å². The van der Waals surface area contributed by atoms with Crippen molar-refractivity contribution in [2.45, 2.75) is 71.8 Å². The van der Waals surface area contributed by atoms with E-state index in [1.807, 2.05) is 0 Å². The number of terminal acetylenes is 1. The second-order valence-electron chi connectivity index (χ2n) is 6.07. The van der Waals surface area contributed by atoms with E-state index in [0.717, 1.165) is 18.8 Å². The zero-order chi connectivity index (χ0) is 14.9. The van der Waals surface area contributed by atoms with Gasteiger partial charge < -0.3 is 9.84 Å². The molecule has 19 heavy (non-hydrogen) atoms. The molecule has 0 amide bonds. The molecule has 3 nitrogen and oxygen atoms in total. The molecule has 0 spiro atoms. The minimum Gasteiger partial charge on any atom is -0.450 e. The molecule has 2 atom stereocenters. The maximum absolute atomic E-state index is 10.6. The maximum Gasteiger partial charge on any atom is 0.507 e. The van der Waals surface area contributed by atoms with Crippen LogP contribution >= 0.6 is 0 Å². The summed E-state index contributed by atoms with van der Waals surface area (Å²) in [6.45, 7) is 8.38. The first kappa shape index (κ1) is 17.8. The Balaban J connectivity index is 3.87. The lowest BCUT2D eigenvalue weighted by Gasteiger charge is -2.22. The fourth-order valence-electron chi connectivity index (χ4n) is 2.15. The van der Waals surface area contributed by atoms with Gasteiger partial charge in [0.05, 0.1) is 0 Å². The van der Waals surface area contributed by atoms with E-state index >= 15 is 0 Å². The SMILES string of the molecule is C#CC(C)(CCCC(C)CCCC(C)C)OC(=O)O. The van der Waals surface area contributed by atoms with E-state index in [4.69, 9.17) is 16.3 Å². The Morgan fingerprint density at radius 1 is 1.26 bits per heavy atom. The smallest absolute Gasteiger partial charge is 0.450 e. The molecule has 0 rings (SSSR count). The number of ether oxygens (including phenoxy) is 1. The molecular formula is C16H28O3. The van der Waals surface area contributed by atoms with Crippen LogP contribution in [0.2, 0.25) is 0 Å². The molecule has 0 radical (unpaired) electrons. The van der Waals surface area contributed by atoms with Crippen molar-refractivity contribution in [3.63, 3.8) is 0 Å². The van der Waals surface area contributed by atoms with Crippen molar-refractivity contribution >= 4 is 6.16 Å². The van der Waals surface area contributed by atoms with Crippen molar-refractivity contribution < 1.29 is 14.6 Å². The summed E-state index contributed by atoms with van der Waals surface area (Å²) in [4.78, 5) is 10.6. The van der Waals surface area contributed by atoms with Gasteiger partial charge in [0.15, 0.2) is 5.60 Å². The summed E-state index contributed by atoms with van der Waals surface area (Å²) in [6, 6.07) is 0. The minimum absolute atomic E-state index is 0.588. The van der Waals surface area contributed by atoms with Gasteiger partial charge in [0.2, 0.25) is 0 Å². The van der Waals surface area contributed by atoms with E-state index in [1.54, 1.807) is 6.92 Å². The van der Waals surface area contributed by atoms with Crippen LogP contribution in [0.3, 0.4) is 0 Å². The molecule has 0 aliphatic carbocycles. The Bertz CT molecular complexity index is 304. The first-order valence-electron chi connectivity index (χ1n) is 7.19. The van der Waals surface area contributed by atoms with Gasteiger partial charge in [-0.25, -0.2) is 4.79 Å².